The molecule has 24 nitrogen and oxygen atoms in total. The lowest BCUT2D eigenvalue weighted by Gasteiger charge is -2.30. The standard InChI is InChI=1S/C43H66N10O14/c1-20(2)15-29(43(66)67)50-39(62)28(18-33(57)58)48-38(61)27(17-31(45)55)49-41(64)34(21(3)4)52-42(65)35(22(5)6)51-40(63)30-9-8-14-53(30)32(56)19-46-36(59)23(7)47-37(60)26(44)16-24-10-12-25(54)13-11-24/h10-13,20-23,26-30,34-35,54H,8-9,14-19,44H2,1-7H3,(H2,45,55)(H,46,59)(H,47,60)(H,48,61)(H,49,64)(H,50,62)(H,51,63)(H,52,65)(H,57,58)(H,66,67)/t23-,26-,27-,28-,29-,30-,34-,35-/m0/s1. The van der Waals surface area contributed by atoms with Crippen molar-refractivity contribution in [1.29, 1.82) is 0 Å². The Kier molecular flexibility index (Phi) is 22.1. The Morgan fingerprint density at radius 1 is 0.672 bits per heavy atom. The van der Waals surface area contributed by atoms with Crippen LogP contribution in [0.3, 0.4) is 0 Å². The molecule has 0 unspecified atom stereocenters. The summed E-state index contributed by atoms with van der Waals surface area (Å²) in [6.07, 6.45) is -1.09. The summed E-state index contributed by atoms with van der Waals surface area (Å²) >= 11 is 0. The van der Waals surface area contributed by atoms with E-state index >= 15 is 0 Å². The molecular weight excluding hydrogens is 881 g/mol. The Morgan fingerprint density at radius 3 is 1.72 bits per heavy atom. The highest BCUT2D eigenvalue weighted by atomic mass is 16.4. The number of likely N-dealkylation sites (tertiary alicyclic amines) is 1. The van der Waals surface area contributed by atoms with Crippen molar-refractivity contribution in [2.24, 2.45) is 29.2 Å². The molecule has 0 saturated carbocycles. The van der Waals surface area contributed by atoms with Crippen molar-refractivity contribution in [3.63, 3.8) is 0 Å². The molecule has 8 atom stereocenters. The number of benzene rings is 1. The maximum absolute atomic E-state index is 13.8. The Morgan fingerprint density at radius 2 is 1.19 bits per heavy atom. The van der Waals surface area contributed by atoms with Crippen LogP contribution < -0.4 is 48.7 Å². The Labute approximate surface area is 387 Å². The van der Waals surface area contributed by atoms with E-state index < -0.39 is 145 Å². The van der Waals surface area contributed by atoms with E-state index in [0.717, 1.165) is 0 Å². The molecule has 0 aromatic heterocycles. The zero-order valence-electron chi connectivity index (χ0n) is 38.8. The van der Waals surface area contributed by atoms with Gasteiger partial charge in [0.05, 0.1) is 25.4 Å². The van der Waals surface area contributed by atoms with Crippen molar-refractivity contribution in [2.75, 3.05) is 13.1 Å². The molecule has 0 radical (unpaired) electrons. The number of phenolic OH excluding ortho intramolecular Hbond substituents is 1. The minimum atomic E-state index is -1.84. The maximum Gasteiger partial charge on any atom is 0.326 e. The first-order valence-electron chi connectivity index (χ1n) is 21.9. The fraction of sp³-hybridized carbons (Fsp3) is 0.605. The second-order valence-corrected chi connectivity index (χ2v) is 17.6. The number of hydrogen-bond donors (Lipinski definition) is 12. The third-order valence-electron chi connectivity index (χ3n) is 10.6. The zero-order chi connectivity index (χ0) is 50.9. The molecule has 1 saturated heterocycles. The van der Waals surface area contributed by atoms with Gasteiger partial charge in [0.1, 0.15) is 48.0 Å². The van der Waals surface area contributed by atoms with E-state index in [9.17, 15) is 68.1 Å². The number of carboxylic acids is 2. The van der Waals surface area contributed by atoms with E-state index in [-0.39, 0.29) is 37.5 Å². The third kappa shape index (κ3) is 18.5. The number of primary amides is 1. The van der Waals surface area contributed by atoms with Gasteiger partial charge in [0.15, 0.2) is 0 Å². The highest BCUT2D eigenvalue weighted by Gasteiger charge is 2.39. The van der Waals surface area contributed by atoms with Crippen LogP contribution in [0.2, 0.25) is 0 Å². The van der Waals surface area contributed by atoms with Crippen LogP contribution in [0.4, 0.5) is 0 Å². The van der Waals surface area contributed by atoms with Gasteiger partial charge < -0.3 is 68.9 Å². The topological polar surface area (TPSA) is 388 Å². The number of nitrogens with zero attached hydrogens (tertiary/aromatic N) is 1. The number of phenols is 1. The average Bonchev–Trinajstić information content (AvgIpc) is 3.73. The second-order valence-electron chi connectivity index (χ2n) is 17.6. The van der Waals surface area contributed by atoms with Gasteiger partial charge in [0.2, 0.25) is 53.2 Å². The van der Waals surface area contributed by atoms with E-state index in [1.807, 2.05) is 0 Å². The van der Waals surface area contributed by atoms with Gasteiger partial charge in [0.25, 0.3) is 0 Å². The largest absolute Gasteiger partial charge is 0.508 e. The molecule has 67 heavy (non-hydrogen) atoms. The molecule has 1 fully saturated rings. The summed E-state index contributed by atoms with van der Waals surface area (Å²) in [7, 11) is 0. The zero-order valence-corrected chi connectivity index (χ0v) is 38.8. The summed E-state index contributed by atoms with van der Waals surface area (Å²) in [6, 6.07) is -4.78. The fourth-order valence-electron chi connectivity index (χ4n) is 6.98. The predicted molar refractivity (Wildman–Crippen MR) is 238 cm³/mol. The van der Waals surface area contributed by atoms with Crippen molar-refractivity contribution < 1.29 is 68.1 Å². The number of aromatic hydroxyl groups is 1. The van der Waals surface area contributed by atoms with Crippen molar-refractivity contribution >= 4 is 65.1 Å². The fourth-order valence-corrected chi connectivity index (χ4v) is 6.98. The van der Waals surface area contributed by atoms with Crippen molar-refractivity contribution in [2.45, 2.75) is 135 Å². The molecule has 24 heteroatoms. The van der Waals surface area contributed by atoms with Gasteiger partial charge in [-0.3, -0.25) is 47.9 Å². The minimum Gasteiger partial charge on any atom is -0.508 e. The van der Waals surface area contributed by atoms with Gasteiger partial charge in [-0.05, 0) is 68.1 Å². The molecule has 1 aliphatic heterocycles. The highest BCUT2D eigenvalue weighted by molar-refractivity contribution is 5.99. The van der Waals surface area contributed by atoms with E-state index in [4.69, 9.17) is 11.5 Å². The molecule has 0 bridgehead atoms. The van der Waals surface area contributed by atoms with Crippen LogP contribution in [-0.4, -0.2) is 147 Å². The van der Waals surface area contributed by atoms with Gasteiger partial charge in [0, 0.05) is 6.54 Å². The van der Waals surface area contributed by atoms with Crippen LogP contribution in [0.25, 0.3) is 0 Å². The van der Waals surface area contributed by atoms with E-state index in [0.29, 0.717) is 12.0 Å². The first kappa shape index (κ1) is 56.3. The summed E-state index contributed by atoms with van der Waals surface area (Å²) in [5, 5.41) is 45.2. The van der Waals surface area contributed by atoms with Crippen LogP contribution in [0.1, 0.15) is 86.1 Å². The molecule has 9 amide bonds. The summed E-state index contributed by atoms with van der Waals surface area (Å²) in [4.78, 5) is 143. The van der Waals surface area contributed by atoms with Gasteiger partial charge in [-0.2, -0.15) is 0 Å². The normalized spacial score (nSPS) is 16.6. The van der Waals surface area contributed by atoms with Crippen LogP contribution in [0.5, 0.6) is 5.75 Å². The first-order chi connectivity index (χ1) is 31.2. The van der Waals surface area contributed by atoms with E-state index in [1.54, 1.807) is 53.7 Å². The summed E-state index contributed by atoms with van der Waals surface area (Å²) in [5.74, 6) is -12.3. The monoisotopic (exact) mass is 946 g/mol. The predicted octanol–water partition coefficient (Wildman–Crippen LogP) is -2.91. The maximum atomic E-state index is 13.8. The van der Waals surface area contributed by atoms with Crippen LogP contribution in [-0.2, 0) is 59.2 Å². The molecule has 1 aromatic carbocycles. The second kappa shape index (κ2) is 26.3. The molecule has 1 aromatic rings. The Balaban J connectivity index is 2.11. The highest BCUT2D eigenvalue weighted by Crippen LogP contribution is 2.19. The lowest BCUT2D eigenvalue weighted by molar-refractivity contribution is -0.144. The van der Waals surface area contributed by atoms with Crippen molar-refractivity contribution in [3.05, 3.63) is 29.8 Å². The number of amides is 9. The Bertz CT molecular complexity index is 1980. The van der Waals surface area contributed by atoms with Gasteiger partial charge in [-0.1, -0.05) is 53.7 Å². The number of carbonyl (C=O) groups excluding carboxylic acids is 9. The molecule has 1 heterocycles. The van der Waals surface area contributed by atoms with Crippen LogP contribution >= 0.6 is 0 Å². The van der Waals surface area contributed by atoms with Crippen molar-refractivity contribution in [3.8, 4) is 5.75 Å². The van der Waals surface area contributed by atoms with Gasteiger partial charge in [-0.15, -0.1) is 0 Å². The molecule has 14 N–H and O–H groups in total. The van der Waals surface area contributed by atoms with Gasteiger partial charge in [-0.25, -0.2) is 4.79 Å². The lowest BCUT2D eigenvalue weighted by Crippen LogP contribution is -2.61. The number of rotatable bonds is 26. The minimum absolute atomic E-state index is 0.0225. The summed E-state index contributed by atoms with van der Waals surface area (Å²) in [6.45, 7) is 10.7. The number of aliphatic carboxylic acids is 2. The number of carboxylic acid groups (broad SMARTS) is 2. The lowest BCUT2D eigenvalue weighted by atomic mass is 9.98. The summed E-state index contributed by atoms with van der Waals surface area (Å²) in [5.41, 5.74) is 12.0. The molecule has 2 rings (SSSR count). The average molecular weight is 947 g/mol. The van der Waals surface area contributed by atoms with E-state index in [2.05, 4.69) is 37.2 Å². The number of nitrogens with one attached hydrogen (secondary N) is 7. The summed E-state index contributed by atoms with van der Waals surface area (Å²) < 4.78 is 0. The molecule has 372 valence electrons. The first-order valence-corrected chi connectivity index (χ1v) is 21.9. The third-order valence-corrected chi connectivity index (χ3v) is 10.6. The SMILES string of the molecule is CC(C)C[C@H](NC(=O)[C@H](CC(=O)O)NC(=O)[C@H](CC(N)=O)NC(=O)[C@@H](NC(=O)[C@@H](NC(=O)[C@@H]1CCCN1C(=O)CNC(=O)[C@H](C)NC(=O)[C@@H](N)Cc1ccc(O)cc1)C(C)C)C(C)C)C(=O)O. The number of hydrogen-bond acceptors (Lipinski definition) is 13. The molecule has 1 aliphatic rings. The Hall–Kier alpha value is -6.85. The molecular formula is C43H66N10O14. The molecule has 0 spiro atoms. The van der Waals surface area contributed by atoms with Crippen molar-refractivity contribution in [1.82, 2.24) is 42.1 Å². The smallest absolute Gasteiger partial charge is 0.326 e. The van der Waals surface area contributed by atoms with E-state index in [1.165, 1.54) is 24.0 Å². The van der Waals surface area contributed by atoms with Gasteiger partial charge >= 0.3 is 11.9 Å². The number of nitrogens with two attached hydrogens (primary N) is 2. The molecule has 0 aliphatic carbocycles. The number of carbonyl (C=O) groups is 11. The van der Waals surface area contributed by atoms with Crippen LogP contribution in [0.15, 0.2) is 24.3 Å². The van der Waals surface area contributed by atoms with Crippen LogP contribution in [0, 0.1) is 17.8 Å². The quantitative estimate of drug-likeness (QED) is 0.0443.